The van der Waals surface area contributed by atoms with E-state index in [4.69, 9.17) is 4.74 Å². The summed E-state index contributed by atoms with van der Waals surface area (Å²) in [6.07, 6.45) is 2.43. The number of halogens is 3. The SMILES string of the molecule is O=C(NC(c1ccccn1)C(F)(F)F)c1cc(OCC2CC2)c(C2CC2)cn1. The van der Waals surface area contributed by atoms with Crippen molar-refractivity contribution in [1.82, 2.24) is 15.3 Å². The molecule has 28 heavy (non-hydrogen) atoms. The average molecular weight is 391 g/mol. The average Bonchev–Trinajstić information content (AvgIpc) is 3.57. The fraction of sp³-hybridized carbons (Fsp3) is 0.450. The summed E-state index contributed by atoms with van der Waals surface area (Å²) in [5, 5.41) is 2.01. The van der Waals surface area contributed by atoms with E-state index in [1.807, 2.05) is 5.32 Å². The minimum atomic E-state index is -4.68. The maximum Gasteiger partial charge on any atom is 0.414 e. The molecule has 5 nitrogen and oxygen atoms in total. The molecule has 1 atom stereocenters. The van der Waals surface area contributed by atoms with Gasteiger partial charge in [0, 0.05) is 24.0 Å². The highest BCUT2D eigenvalue weighted by Crippen LogP contribution is 2.44. The number of nitrogens with one attached hydrogen (secondary N) is 1. The number of carbonyl (C=O) groups excluding carboxylic acids is 1. The lowest BCUT2D eigenvalue weighted by Crippen LogP contribution is -2.39. The van der Waals surface area contributed by atoms with Crippen LogP contribution in [0, 0.1) is 5.92 Å². The Morgan fingerprint density at radius 2 is 2.00 bits per heavy atom. The van der Waals surface area contributed by atoms with E-state index in [1.54, 1.807) is 6.20 Å². The van der Waals surface area contributed by atoms with E-state index in [-0.39, 0.29) is 11.4 Å². The minimum Gasteiger partial charge on any atom is -0.493 e. The Kier molecular flexibility index (Phi) is 4.95. The van der Waals surface area contributed by atoms with Crippen molar-refractivity contribution >= 4 is 5.91 Å². The fourth-order valence-corrected chi connectivity index (χ4v) is 2.96. The van der Waals surface area contributed by atoms with Crippen molar-refractivity contribution in [3.63, 3.8) is 0 Å². The van der Waals surface area contributed by atoms with Crippen LogP contribution >= 0.6 is 0 Å². The molecule has 1 amide bonds. The third kappa shape index (κ3) is 4.43. The monoisotopic (exact) mass is 391 g/mol. The molecule has 0 spiro atoms. The highest BCUT2D eigenvalue weighted by molar-refractivity contribution is 5.93. The third-order valence-electron chi connectivity index (χ3n) is 4.90. The molecule has 148 valence electrons. The van der Waals surface area contributed by atoms with Crippen LogP contribution in [0.4, 0.5) is 13.2 Å². The number of ether oxygens (including phenoxy) is 1. The second-order valence-corrected chi connectivity index (χ2v) is 7.34. The Hall–Kier alpha value is -2.64. The summed E-state index contributed by atoms with van der Waals surface area (Å²) in [6, 6.07) is 3.44. The van der Waals surface area contributed by atoms with Crippen molar-refractivity contribution < 1.29 is 22.7 Å². The molecule has 2 fully saturated rings. The standard InChI is InChI=1S/C20H20F3N3O2/c21-20(22,23)18(15-3-1-2-8-24-15)26-19(27)16-9-17(28-11-12-4-5-12)14(10-25-16)13-6-7-13/h1-3,8-10,12-13,18H,4-7,11H2,(H,26,27). The van der Waals surface area contributed by atoms with Crippen LogP contribution in [0.1, 0.15) is 59.4 Å². The van der Waals surface area contributed by atoms with Crippen molar-refractivity contribution in [3.05, 3.63) is 53.6 Å². The number of amides is 1. The first-order chi connectivity index (χ1) is 13.4. The maximum absolute atomic E-state index is 13.5. The number of hydrogen-bond acceptors (Lipinski definition) is 4. The molecule has 2 saturated carbocycles. The van der Waals surface area contributed by atoms with Crippen LogP contribution in [0.25, 0.3) is 0 Å². The molecule has 4 rings (SSSR count). The molecule has 2 heterocycles. The number of aromatic nitrogens is 2. The van der Waals surface area contributed by atoms with Crippen LogP contribution in [0.2, 0.25) is 0 Å². The smallest absolute Gasteiger partial charge is 0.414 e. The summed E-state index contributed by atoms with van der Waals surface area (Å²) in [7, 11) is 0. The Bertz CT molecular complexity index is 850. The van der Waals surface area contributed by atoms with Gasteiger partial charge < -0.3 is 10.1 Å². The summed E-state index contributed by atoms with van der Waals surface area (Å²) in [5.74, 6) is 0.522. The first-order valence-electron chi connectivity index (χ1n) is 9.33. The number of alkyl halides is 3. The molecule has 2 aliphatic rings. The van der Waals surface area contributed by atoms with Gasteiger partial charge in [0.1, 0.15) is 11.4 Å². The molecule has 2 aromatic heterocycles. The topological polar surface area (TPSA) is 64.1 Å². The van der Waals surface area contributed by atoms with E-state index < -0.39 is 18.1 Å². The van der Waals surface area contributed by atoms with Gasteiger partial charge in [0.25, 0.3) is 5.91 Å². The van der Waals surface area contributed by atoms with Crippen LogP contribution in [-0.2, 0) is 0 Å². The van der Waals surface area contributed by atoms with Gasteiger partial charge in [0.05, 0.1) is 12.3 Å². The summed E-state index contributed by atoms with van der Waals surface area (Å²) in [6.45, 7) is 0.559. The fourth-order valence-electron chi connectivity index (χ4n) is 2.96. The Balaban J connectivity index is 1.55. The second kappa shape index (κ2) is 7.41. The molecule has 0 radical (unpaired) electrons. The molecule has 0 aliphatic heterocycles. The van der Waals surface area contributed by atoms with E-state index >= 15 is 0 Å². The zero-order valence-electron chi connectivity index (χ0n) is 15.1. The van der Waals surface area contributed by atoms with Crippen LogP contribution < -0.4 is 10.1 Å². The summed E-state index contributed by atoms with van der Waals surface area (Å²) >= 11 is 0. The summed E-state index contributed by atoms with van der Waals surface area (Å²) in [5.41, 5.74) is 0.554. The van der Waals surface area contributed by atoms with Crippen molar-refractivity contribution in [2.75, 3.05) is 6.61 Å². The molecule has 1 unspecified atom stereocenters. The molecular formula is C20H20F3N3O2. The molecular weight excluding hydrogens is 371 g/mol. The van der Waals surface area contributed by atoms with Gasteiger partial charge in [-0.3, -0.25) is 14.8 Å². The Morgan fingerprint density at radius 3 is 2.61 bits per heavy atom. The molecule has 2 aromatic rings. The summed E-state index contributed by atoms with van der Waals surface area (Å²) in [4.78, 5) is 20.3. The molecule has 8 heteroatoms. The van der Waals surface area contributed by atoms with Crippen LogP contribution in [0.15, 0.2) is 36.7 Å². The van der Waals surface area contributed by atoms with Gasteiger partial charge in [-0.1, -0.05) is 6.07 Å². The zero-order valence-corrected chi connectivity index (χ0v) is 15.1. The van der Waals surface area contributed by atoms with Gasteiger partial charge >= 0.3 is 6.18 Å². The van der Waals surface area contributed by atoms with Crippen molar-refractivity contribution in [3.8, 4) is 5.75 Å². The van der Waals surface area contributed by atoms with Crippen molar-refractivity contribution in [2.45, 2.75) is 43.8 Å². The Morgan fingerprint density at radius 1 is 1.21 bits per heavy atom. The summed E-state index contributed by atoms with van der Waals surface area (Å²) < 4.78 is 46.2. The van der Waals surface area contributed by atoms with Gasteiger partial charge in [-0.25, -0.2) is 0 Å². The minimum absolute atomic E-state index is 0.0969. The van der Waals surface area contributed by atoms with Crippen molar-refractivity contribution in [2.24, 2.45) is 5.92 Å². The van der Waals surface area contributed by atoms with Crippen LogP contribution in [0.5, 0.6) is 5.75 Å². The molecule has 0 bridgehead atoms. The molecule has 0 aromatic carbocycles. The van der Waals surface area contributed by atoms with E-state index in [0.29, 0.717) is 24.2 Å². The van der Waals surface area contributed by atoms with E-state index in [2.05, 4.69) is 9.97 Å². The molecule has 0 saturated heterocycles. The maximum atomic E-state index is 13.5. The van der Waals surface area contributed by atoms with Crippen molar-refractivity contribution in [1.29, 1.82) is 0 Å². The largest absolute Gasteiger partial charge is 0.493 e. The highest BCUT2D eigenvalue weighted by atomic mass is 19.4. The normalized spacial score (nSPS) is 17.8. The molecule has 2 aliphatic carbocycles. The number of rotatable bonds is 7. The van der Waals surface area contributed by atoms with Crippen LogP contribution in [0.3, 0.4) is 0 Å². The van der Waals surface area contributed by atoms with E-state index in [9.17, 15) is 18.0 Å². The Labute approximate surface area is 160 Å². The predicted molar refractivity (Wildman–Crippen MR) is 94.9 cm³/mol. The zero-order chi connectivity index (χ0) is 19.7. The number of pyridine rings is 2. The van der Waals surface area contributed by atoms with E-state index in [1.165, 1.54) is 30.5 Å². The van der Waals surface area contributed by atoms with Gasteiger partial charge in [0.2, 0.25) is 0 Å². The lowest BCUT2D eigenvalue weighted by atomic mass is 10.1. The second-order valence-electron chi connectivity index (χ2n) is 7.34. The number of hydrogen-bond donors (Lipinski definition) is 1. The van der Waals surface area contributed by atoms with Gasteiger partial charge in [-0.05, 0) is 49.7 Å². The first-order valence-corrected chi connectivity index (χ1v) is 9.33. The highest BCUT2D eigenvalue weighted by Gasteiger charge is 2.43. The van der Waals surface area contributed by atoms with Crippen LogP contribution in [-0.4, -0.2) is 28.7 Å². The third-order valence-corrected chi connectivity index (χ3v) is 4.90. The predicted octanol–water partition coefficient (Wildman–Crippen LogP) is 4.18. The lowest BCUT2D eigenvalue weighted by molar-refractivity contribution is -0.156. The van der Waals surface area contributed by atoms with Gasteiger partial charge in [-0.15, -0.1) is 0 Å². The lowest BCUT2D eigenvalue weighted by Gasteiger charge is -2.21. The first kappa shape index (κ1) is 18.7. The quantitative estimate of drug-likeness (QED) is 0.769. The molecule has 1 N–H and O–H groups in total. The van der Waals surface area contributed by atoms with Gasteiger partial charge in [-0.2, -0.15) is 13.2 Å². The van der Waals surface area contributed by atoms with Gasteiger partial charge in [0.15, 0.2) is 6.04 Å². The number of nitrogens with zero attached hydrogens (tertiary/aromatic N) is 2. The van der Waals surface area contributed by atoms with E-state index in [0.717, 1.165) is 31.2 Å². The number of carbonyl (C=O) groups is 1.